The molecular formula is C14H19N3O4. The number of hydrogen-bond donors (Lipinski definition) is 3. The zero-order chi connectivity index (χ0) is 15.1. The van der Waals surface area contributed by atoms with E-state index in [1.165, 1.54) is 6.33 Å². The van der Waals surface area contributed by atoms with Gasteiger partial charge in [0.1, 0.15) is 30.3 Å². The Morgan fingerprint density at radius 3 is 2.81 bits per heavy atom. The highest BCUT2D eigenvalue weighted by molar-refractivity contribution is 5.78. The summed E-state index contributed by atoms with van der Waals surface area (Å²) in [6.45, 7) is 3.67. The van der Waals surface area contributed by atoms with E-state index in [1.54, 1.807) is 17.7 Å². The van der Waals surface area contributed by atoms with E-state index in [4.69, 9.17) is 4.74 Å². The number of ether oxygens (including phenoxy) is 1. The molecule has 1 fully saturated rings. The molecule has 2 aromatic heterocycles. The minimum Gasteiger partial charge on any atom is -0.390 e. The monoisotopic (exact) mass is 293 g/mol. The third kappa shape index (κ3) is 2.22. The van der Waals surface area contributed by atoms with E-state index in [0.29, 0.717) is 12.1 Å². The van der Waals surface area contributed by atoms with Crippen molar-refractivity contribution in [3.05, 3.63) is 24.3 Å². The lowest BCUT2D eigenvalue weighted by Gasteiger charge is -2.19. The van der Waals surface area contributed by atoms with E-state index >= 15 is 0 Å². The molecule has 0 unspecified atom stereocenters. The molecule has 3 N–H and O–H groups in total. The molecule has 3 heterocycles. The van der Waals surface area contributed by atoms with Gasteiger partial charge in [-0.05, 0) is 19.4 Å². The van der Waals surface area contributed by atoms with Crippen LogP contribution in [0, 0.1) is 6.92 Å². The van der Waals surface area contributed by atoms with Gasteiger partial charge in [-0.2, -0.15) is 0 Å². The fraction of sp³-hybridized carbons (Fsp3) is 0.571. The van der Waals surface area contributed by atoms with Crippen LogP contribution in [0.25, 0.3) is 11.0 Å². The van der Waals surface area contributed by atoms with Crippen LogP contribution in [0.2, 0.25) is 0 Å². The van der Waals surface area contributed by atoms with Crippen molar-refractivity contribution in [1.29, 1.82) is 0 Å². The van der Waals surface area contributed by atoms with Gasteiger partial charge in [-0.1, -0.05) is 6.92 Å². The Hall–Kier alpha value is -1.54. The number of aryl methyl sites for hydroxylation is 1. The first kappa shape index (κ1) is 14.4. The fourth-order valence-electron chi connectivity index (χ4n) is 2.77. The quantitative estimate of drug-likeness (QED) is 0.743. The van der Waals surface area contributed by atoms with Gasteiger partial charge < -0.3 is 24.6 Å². The highest BCUT2D eigenvalue weighted by atomic mass is 16.6. The predicted octanol–water partition coefficient (Wildman–Crippen LogP) is 0.130. The van der Waals surface area contributed by atoms with Crippen molar-refractivity contribution in [1.82, 2.24) is 14.5 Å². The summed E-state index contributed by atoms with van der Waals surface area (Å²) in [6, 6.07) is 1.84. The first-order valence-electron chi connectivity index (χ1n) is 7.02. The summed E-state index contributed by atoms with van der Waals surface area (Å²) in [7, 11) is 0. The van der Waals surface area contributed by atoms with Crippen LogP contribution in [0.1, 0.15) is 25.3 Å². The lowest BCUT2D eigenvalue weighted by Crippen LogP contribution is -2.38. The lowest BCUT2D eigenvalue weighted by atomic mass is 10.0. The Morgan fingerprint density at radius 1 is 1.33 bits per heavy atom. The summed E-state index contributed by atoms with van der Waals surface area (Å²) in [4.78, 5) is 8.33. The van der Waals surface area contributed by atoms with Crippen LogP contribution in [-0.4, -0.2) is 54.3 Å². The molecule has 3 rings (SSSR count). The maximum absolute atomic E-state index is 10.2. The minimum absolute atomic E-state index is 0.439. The lowest BCUT2D eigenvalue weighted by molar-refractivity contribution is -0.0839. The SMILES string of the molecule is CC[C@H](O)[C@H]1O[C@@H](n2ccc3c(C)ncnc32)[C@H](O)[C@@H]1O. The number of rotatable bonds is 3. The summed E-state index contributed by atoms with van der Waals surface area (Å²) < 4.78 is 7.35. The largest absolute Gasteiger partial charge is 0.390 e. The first-order valence-corrected chi connectivity index (χ1v) is 7.02. The second-order valence-corrected chi connectivity index (χ2v) is 5.37. The molecule has 2 aromatic rings. The minimum atomic E-state index is -1.13. The fourth-order valence-corrected chi connectivity index (χ4v) is 2.77. The van der Waals surface area contributed by atoms with Crippen LogP contribution in [-0.2, 0) is 4.74 Å². The average molecular weight is 293 g/mol. The Labute approximate surface area is 121 Å². The predicted molar refractivity (Wildman–Crippen MR) is 74.5 cm³/mol. The molecule has 7 heteroatoms. The molecule has 0 amide bonds. The maximum atomic E-state index is 10.2. The number of aliphatic hydroxyl groups is 3. The van der Waals surface area contributed by atoms with E-state index in [9.17, 15) is 15.3 Å². The van der Waals surface area contributed by atoms with Crippen molar-refractivity contribution in [2.45, 2.75) is 50.9 Å². The van der Waals surface area contributed by atoms with Gasteiger partial charge in [-0.15, -0.1) is 0 Å². The molecule has 0 radical (unpaired) electrons. The highest BCUT2D eigenvalue weighted by Gasteiger charge is 2.46. The van der Waals surface area contributed by atoms with Crippen molar-refractivity contribution < 1.29 is 20.1 Å². The van der Waals surface area contributed by atoms with Crippen LogP contribution in [0.5, 0.6) is 0 Å². The van der Waals surface area contributed by atoms with Gasteiger partial charge in [-0.3, -0.25) is 0 Å². The summed E-state index contributed by atoms with van der Waals surface area (Å²) in [5.74, 6) is 0. The molecule has 0 aliphatic carbocycles. The molecule has 1 aliphatic rings. The topological polar surface area (TPSA) is 101 Å². The number of aliphatic hydroxyl groups excluding tert-OH is 3. The molecule has 0 bridgehead atoms. The highest BCUT2D eigenvalue weighted by Crippen LogP contribution is 2.34. The number of nitrogens with zero attached hydrogens (tertiary/aromatic N) is 3. The molecule has 0 saturated carbocycles. The van der Waals surface area contributed by atoms with Crippen molar-refractivity contribution in [2.24, 2.45) is 0 Å². The first-order chi connectivity index (χ1) is 10.0. The van der Waals surface area contributed by atoms with E-state index < -0.39 is 30.6 Å². The van der Waals surface area contributed by atoms with Crippen molar-refractivity contribution in [3.8, 4) is 0 Å². The third-order valence-electron chi connectivity index (χ3n) is 4.06. The average Bonchev–Trinajstić information content (AvgIpc) is 3.02. The van der Waals surface area contributed by atoms with E-state index in [-0.39, 0.29) is 0 Å². The molecule has 1 saturated heterocycles. The number of aromatic nitrogens is 3. The summed E-state index contributed by atoms with van der Waals surface area (Å²) in [6.07, 6.45) is -1.04. The Balaban J connectivity index is 1.98. The van der Waals surface area contributed by atoms with Crippen LogP contribution in [0.3, 0.4) is 0 Å². The second-order valence-electron chi connectivity index (χ2n) is 5.37. The summed E-state index contributed by atoms with van der Waals surface area (Å²) in [5, 5.41) is 31.0. The van der Waals surface area contributed by atoms with E-state index in [0.717, 1.165) is 11.1 Å². The standard InChI is InChI=1S/C14H19N3O4/c1-3-9(18)12-10(19)11(20)14(21-12)17-5-4-8-7(2)15-6-16-13(8)17/h4-6,9-12,14,18-20H,3H2,1-2H3/t9-,10-,11+,12+,14+/m0/s1. The second kappa shape index (κ2) is 5.34. The van der Waals surface area contributed by atoms with Crippen LogP contribution < -0.4 is 0 Å². The van der Waals surface area contributed by atoms with Crippen molar-refractivity contribution >= 4 is 11.0 Å². The molecular weight excluding hydrogens is 274 g/mol. The molecule has 114 valence electrons. The van der Waals surface area contributed by atoms with Gasteiger partial charge in [-0.25, -0.2) is 9.97 Å². The van der Waals surface area contributed by atoms with Gasteiger partial charge >= 0.3 is 0 Å². The van der Waals surface area contributed by atoms with E-state index in [1.807, 2.05) is 13.0 Å². The van der Waals surface area contributed by atoms with Gasteiger partial charge in [0.05, 0.1) is 11.8 Å². The molecule has 1 aliphatic heterocycles. The van der Waals surface area contributed by atoms with Crippen LogP contribution >= 0.6 is 0 Å². The van der Waals surface area contributed by atoms with Gasteiger partial charge in [0.2, 0.25) is 0 Å². The normalized spacial score (nSPS) is 30.9. The molecule has 5 atom stereocenters. The zero-order valence-electron chi connectivity index (χ0n) is 11.9. The third-order valence-corrected chi connectivity index (χ3v) is 4.06. The maximum Gasteiger partial charge on any atom is 0.164 e. The Bertz CT molecular complexity index is 644. The van der Waals surface area contributed by atoms with Gasteiger partial charge in [0.15, 0.2) is 6.23 Å². The summed E-state index contributed by atoms with van der Waals surface area (Å²) >= 11 is 0. The van der Waals surface area contributed by atoms with Crippen molar-refractivity contribution in [2.75, 3.05) is 0 Å². The Kier molecular flexibility index (Phi) is 3.66. The van der Waals surface area contributed by atoms with Crippen molar-refractivity contribution in [3.63, 3.8) is 0 Å². The van der Waals surface area contributed by atoms with Crippen LogP contribution in [0.4, 0.5) is 0 Å². The molecule has 21 heavy (non-hydrogen) atoms. The van der Waals surface area contributed by atoms with Gasteiger partial charge in [0, 0.05) is 11.6 Å². The Morgan fingerprint density at radius 2 is 2.10 bits per heavy atom. The molecule has 0 spiro atoms. The van der Waals surface area contributed by atoms with E-state index in [2.05, 4.69) is 9.97 Å². The smallest absolute Gasteiger partial charge is 0.164 e. The molecule has 7 nitrogen and oxygen atoms in total. The molecule has 0 aromatic carbocycles. The zero-order valence-corrected chi connectivity index (χ0v) is 11.9. The summed E-state index contributed by atoms with van der Waals surface area (Å²) in [5.41, 5.74) is 1.46. The van der Waals surface area contributed by atoms with Crippen LogP contribution in [0.15, 0.2) is 18.6 Å². The van der Waals surface area contributed by atoms with Gasteiger partial charge in [0.25, 0.3) is 0 Å². The number of fused-ring (bicyclic) bond motifs is 1. The number of hydrogen-bond acceptors (Lipinski definition) is 6.